The van der Waals surface area contributed by atoms with Gasteiger partial charge < -0.3 is 5.32 Å². The molecule has 2 nitrogen and oxygen atoms in total. The summed E-state index contributed by atoms with van der Waals surface area (Å²) in [6.45, 7) is 3.04. The molecule has 2 heterocycles. The van der Waals surface area contributed by atoms with Gasteiger partial charge in [0.05, 0.1) is 11.7 Å². The number of halogens is 2. The van der Waals surface area contributed by atoms with Crippen LogP contribution in [0.25, 0.3) is 0 Å². The van der Waals surface area contributed by atoms with Crippen molar-refractivity contribution in [1.82, 2.24) is 10.3 Å². The number of fused-ring (bicyclic) bond motifs is 1. The van der Waals surface area contributed by atoms with E-state index in [1.807, 2.05) is 11.3 Å². The first-order valence-corrected chi connectivity index (χ1v) is 9.16. The summed E-state index contributed by atoms with van der Waals surface area (Å²) < 4.78 is 1.78. The number of aromatic nitrogens is 1. The van der Waals surface area contributed by atoms with Crippen molar-refractivity contribution in [3.8, 4) is 0 Å². The molecular weight excluding hydrogens is 364 g/mol. The third-order valence-corrected chi connectivity index (χ3v) is 6.98. The first-order valence-electron chi connectivity index (χ1n) is 6.35. The molecule has 0 spiro atoms. The number of nitrogens with one attached hydrogen (secondary N) is 1. The average Bonchev–Trinajstić information content (AvgIpc) is 3.02. The van der Waals surface area contributed by atoms with Crippen LogP contribution in [0.15, 0.2) is 10.5 Å². The summed E-state index contributed by atoms with van der Waals surface area (Å²) in [4.78, 5) is 7.53. The molecular formula is C13H14BrClN2S2. The largest absolute Gasteiger partial charge is 0.304 e. The molecule has 3 rings (SSSR count). The first kappa shape index (κ1) is 14.0. The maximum atomic E-state index is 6.16. The predicted molar refractivity (Wildman–Crippen MR) is 86.7 cm³/mol. The van der Waals surface area contributed by atoms with E-state index in [-0.39, 0.29) is 6.04 Å². The van der Waals surface area contributed by atoms with Crippen LogP contribution in [0.1, 0.15) is 39.8 Å². The number of rotatable bonds is 4. The maximum Gasteiger partial charge on any atom is 0.115 e. The van der Waals surface area contributed by atoms with Gasteiger partial charge in [-0.05, 0) is 47.8 Å². The second kappa shape index (κ2) is 5.82. The smallest absolute Gasteiger partial charge is 0.115 e. The highest BCUT2D eigenvalue weighted by Gasteiger charge is 2.24. The summed E-state index contributed by atoms with van der Waals surface area (Å²) in [5, 5.41) is 4.70. The van der Waals surface area contributed by atoms with E-state index < -0.39 is 0 Å². The number of nitrogens with zero attached hydrogens (tertiary/aromatic N) is 1. The fourth-order valence-corrected chi connectivity index (χ4v) is 5.49. The van der Waals surface area contributed by atoms with Crippen LogP contribution in [0.2, 0.25) is 4.34 Å². The SMILES string of the molecule is CCNC(c1cc(Br)c(Cl)s1)c1nc2c(s1)CCC2. The van der Waals surface area contributed by atoms with Crippen molar-refractivity contribution >= 4 is 50.2 Å². The van der Waals surface area contributed by atoms with Gasteiger partial charge >= 0.3 is 0 Å². The van der Waals surface area contributed by atoms with E-state index in [0.29, 0.717) is 0 Å². The van der Waals surface area contributed by atoms with E-state index in [1.54, 1.807) is 11.3 Å². The Morgan fingerprint density at radius 1 is 1.47 bits per heavy atom. The van der Waals surface area contributed by atoms with Crippen molar-refractivity contribution in [2.75, 3.05) is 6.54 Å². The molecule has 2 aromatic heterocycles. The van der Waals surface area contributed by atoms with Crippen LogP contribution in [-0.4, -0.2) is 11.5 Å². The second-order valence-corrected chi connectivity index (χ2v) is 8.19. The van der Waals surface area contributed by atoms with E-state index >= 15 is 0 Å². The van der Waals surface area contributed by atoms with Crippen molar-refractivity contribution < 1.29 is 0 Å². The first-order chi connectivity index (χ1) is 9.19. The Hall–Kier alpha value is 0.0600. The summed E-state index contributed by atoms with van der Waals surface area (Å²) in [6, 6.07) is 2.28. The van der Waals surface area contributed by atoms with E-state index in [2.05, 4.69) is 34.2 Å². The Kier molecular flexibility index (Phi) is 4.29. The number of thiazole rings is 1. The minimum absolute atomic E-state index is 0.175. The lowest BCUT2D eigenvalue weighted by atomic mass is 10.2. The second-order valence-electron chi connectivity index (χ2n) is 4.54. The number of aryl methyl sites for hydroxylation is 2. The monoisotopic (exact) mass is 376 g/mol. The Morgan fingerprint density at radius 3 is 2.95 bits per heavy atom. The molecule has 0 bridgehead atoms. The van der Waals surface area contributed by atoms with Gasteiger partial charge in [0.1, 0.15) is 9.34 Å². The van der Waals surface area contributed by atoms with Gasteiger partial charge in [-0.2, -0.15) is 0 Å². The van der Waals surface area contributed by atoms with Crippen LogP contribution in [0.5, 0.6) is 0 Å². The molecule has 0 radical (unpaired) electrons. The topological polar surface area (TPSA) is 24.9 Å². The summed E-state index contributed by atoms with van der Waals surface area (Å²) in [5.74, 6) is 0. The summed E-state index contributed by atoms with van der Waals surface area (Å²) in [5.41, 5.74) is 1.31. The molecule has 19 heavy (non-hydrogen) atoms. The highest BCUT2D eigenvalue weighted by atomic mass is 79.9. The summed E-state index contributed by atoms with van der Waals surface area (Å²) in [6.07, 6.45) is 3.59. The highest BCUT2D eigenvalue weighted by molar-refractivity contribution is 9.10. The van der Waals surface area contributed by atoms with Crippen molar-refractivity contribution in [2.24, 2.45) is 0 Å². The molecule has 2 aromatic rings. The van der Waals surface area contributed by atoms with Crippen LogP contribution < -0.4 is 5.32 Å². The molecule has 102 valence electrons. The lowest BCUT2D eigenvalue weighted by Gasteiger charge is -2.13. The van der Waals surface area contributed by atoms with Crippen LogP contribution in [0, 0.1) is 0 Å². The van der Waals surface area contributed by atoms with Gasteiger partial charge in [-0.1, -0.05) is 18.5 Å². The van der Waals surface area contributed by atoms with Gasteiger partial charge in [0.15, 0.2) is 0 Å². The van der Waals surface area contributed by atoms with Gasteiger partial charge in [0, 0.05) is 14.2 Å². The molecule has 1 unspecified atom stereocenters. The minimum Gasteiger partial charge on any atom is -0.304 e. The van der Waals surface area contributed by atoms with Crippen molar-refractivity contribution in [1.29, 1.82) is 0 Å². The summed E-state index contributed by atoms with van der Waals surface area (Å²) >= 11 is 13.1. The van der Waals surface area contributed by atoms with Crippen LogP contribution >= 0.6 is 50.2 Å². The third-order valence-electron chi connectivity index (χ3n) is 3.22. The van der Waals surface area contributed by atoms with E-state index in [9.17, 15) is 0 Å². The fourth-order valence-electron chi connectivity index (χ4n) is 2.35. The zero-order valence-corrected chi connectivity index (χ0v) is 14.5. The number of hydrogen-bond acceptors (Lipinski definition) is 4. The predicted octanol–water partition coefficient (Wildman–Crippen LogP) is 4.81. The molecule has 6 heteroatoms. The molecule has 0 fully saturated rings. The maximum absolute atomic E-state index is 6.16. The van der Waals surface area contributed by atoms with Crippen LogP contribution in [-0.2, 0) is 12.8 Å². The van der Waals surface area contributed by atoms with E-state index in [0.717, 1.165) is 21.8 Å². The normalized spacial score (nSPS) is 15.7. The Labute approximate surface area is 134 Å². The van der Waals surface area contributed by atoms with Crippen molar-refractivity contribution in [2.45, 2.75) is 32.2 Å². The zero-order valence-electron chi connectivity index (χ0n) is 10.5. The molecule has 0 aliphatic heterocycles. The number of thiophene rings is 1. The van der Waals surface area contributed by atoms with Gasteiger partial charge in [-0.25, -0.2) is 4.98 Å². The highest BCUT2D eigenvalue weighted by Crippen LogP contribution is 2.39. The molecule has 1 N–H and O–H groups in total. The molecule has 0 aromatic carbocycles. The molecule has 1 aliphatic rings. The molecule has 0 saturated carbocycles. The standard InChI is InChI=1S/C13H14BrClN2S2/c1-2-16-11(10-6-7(14)12(15)18-10)13-17-8-4-3-5-9(8)19-13/h6,11,16H,2-5H2,1H3. The Bertz CT molecular complexity index is 552. The quantitative estimate of drug-likeness (QED) is 0.827. The molecule has 1 aliphatic carbocycles. The van der Waals surface area contributed by atoms with Gasteiger partial charge in [0.2, 0.25) is 0 Å². The van der Waals surface area contributed by atoms with E-state index in [4.69, 9.17) is 16.6 Å². The lowest BCUT2D eigenvalue weighted by molar-refractivity contribution is 0.633. The van der Waals surface area contributed by atoms with Crippen molar-refractivity contribution in [3.63, 3.8) is 0 Å². The van der Waals surface area contributed by atoms with Crippen LogP contribution in [0.3, 0.4) is 0 Å². The Morgan fingerprint density at radius 2 is 2.32 bits per heavy atom. The average molecular weight is 378 g/mol. The lowest BCUT2D eigenvalue weighted by Crippen LogP contribution is -2.21. The van der Waals surface area contributed by atoms with Crippen LogP contribution in [0.4, 0.5) is 0 Å². The zero-order chi connectivity index (χ0) is 13.4. The van der Waals surface area contributed by atoms with Crippen molar-refractivity contribution in [3.05, 3.63) is 35.3 Å². The third kappa shape index (κ3) is 2.76. The minimum atomic E-state index is 0.175. The molecule has 1 atom stereocenters. The molecule has 0 saturated heterocycles. The Balaban J connectivity index is 1.95. The summed E-state index contributed by atoms with van der Waals surface area (Å²) in [7, 11) is 0. The fraction of sp³-hybridized carbons (Fsp3) is 0.462. The van der Waals surface area contributed by atoms with Gasteiger partial charge in [-0.15, -0.1) is 22.7 Å². The molecule has 0 amide bonds. The number of hydrogen-bond donors (Lipinski definition) is 1. The van der Waals surface area contributed by atoms with Gasteiger partial charge in [-0.3, -0.25) is 0 Å². The van der Waals surface area contributed by atoms with Gasteiger partial charge in [0.25, 0.3) is 0 Å². The van der Waals surface area contributed by atoms with E-state index in [1.165, 1.54) is 33.3 Å².